The number of rotatable bonds is 2. The van der Waals surface area contributed by atoms with Crippen molar-refractivity contribution in [1.29, 1.82) is 0 Å². The van der Waals surface area contributed by atoms with Crippen LogP contribution in [-0.4, -0.2) is 0 Å². The summed E-state index contributed by atoms with van der Waals surface area (Å²) in [5.74, 6) is 1.23. The van der Waals surface area contributed by atoms with Gasteiger partial charge in [0.2, 0.25) is 0 Å². The van der Waals surface area contributed by atoms with E-state index in [0.29, 0.717) is 11.8 Å². The summed E-state index contributed by atoms with van der Waals surface area (Å²) in [6.45, 7) is 10.3. The molecule has 2 unspecified atom stereocenters. The van der Waals surface area contributed by atoms with E-state index >= 15 is 0 Å². The number of hydrogen-bond acceptors (Lipinski definition) is 0. The average molecular weight is 187 g/mol. The molecule has 0 aromatic heterocycles. The minimum absolute atomic E-state index is 0. The molecule has 0 saturated carbocycles. The molecule has 0 N–H and O–H groups in total. The quantitative estimate of drug-likeness (QED) is 0.582. The second kappa shape index (κ2) is 6.23. The van der Waals surface area contributed by atoms with Crippen molar-refractivity contribution in [3.05, 3.63) is 13.3 Å². The van der Waals surface area contributed by atoms with E-state index in [-0.39, 0.29) is 32.7 Å². The van der Waals surface area contributed by atoms with Crippen LogP contribution in [-0.2, 0) is 32.7 Å². The van der Waals surface area contributed by atoms with Crippen molar-refractivity contribution in [2.75, 3.05) is 0 Å². The Bertz CT molecular complexity index is 41.7. The third-order valence-corrected chi connectivity index (χ3v) is 1.42. The molecule has 47 valence electrons. The summed E-state index contributed by atoms with van der Waals surface area (Å²) in [6.07, 6.45) is 2.18. The minimum atomic E-state index is 0. The molecule has 1 radical (unpaired) electrons. The van der Waals surface area contributed by atoms with Crippen molar-refractivity contribution in [2.24, 2.45) is 11.8 Å². The van der Waals surface area contributed by atoms with Crippen molar-refractivity contribution in [3.8, 4) is 0 Å². The minimum Gasteiger partial charge on any atom is -0.343 e. The van der Waals surface area contributed by atoms with Crippen LogP contribution in [0.1, 0.15) is 20.8 Å². The van der Waals surface area contributed by atoms with Crippen molar-refractivity contribution in [3.63, 3.8) is 0 Å². The largest absolute Gasteiger partial charge is 0.343 e. The van der Waals surface area contributed by atoms with E-state index in [0.717, 1.165) is 0 Å². The summed E-state index contributed by atoms with van der Waals surface area (Å²) >= 11 is 0. The number of hydrogen-bond donors (Lipinski definition) is 0. The molecule has 0 aromatic carbocycles. The van der Waals surface area contributed by atoms with Crippen LogP contribution in [0, 0.1) is 25.2 Å². The van der Waals surface area contributed by atoms with Gasteiger partial charge in [-0.15, -0.1) is 0 Å². The van der Waals surface area contributed by atoms with E-state index in [9.17, 15) is 0 Å². The van der Waals surface area contributed by atoms with Crippen molar-refractivity contribution >= 4 is 0 Å². The van der Waals surface area contributed by atoms with Gasteiger partial charge in [-0.2, -0.15) is 18.8 Å². The Labute approximate surface area is 78.3 Å². The second-order valence-electron chi connectivity index (χ2n) is 2.17. The van der Waals surface area contributed by atoms with E-state index in [2.05, 4.69) is 34.1 Å². The van der Waals surface area contributed by atoms with Crippen LogP contribution in [0.2, 0.25) is 0 Å². The first-order valence-corrected chi connectivity index (χ1v) is 2.81. The van der Waals surface area contributed by atoms with E-state index in [4.69, 9.17) is 0 Å². The second-order valence-corrected chi connectivity index (χ2v) is 2.17. The van der Waals surface area contributed by atoms with Gasteiger partial charge in [-0.05, 0) is 0 Å². The smallest absolute Gasteiger partial charge is 0 e. The van der Waals surface area contributed by atoms with Gasteiger partial charge in [0.05, 0.1) is 0 Å². The predicted molar refractivity (Wildman–Crippen MR) is 33.7 cm³/mol. The predicted octanol–water partition coefficient (Wildman–Crippen LogP) is 2.31. The molecule has 1 heteroatoms. The van der Waals surface area contributed by atoms with Crippen molar-refractivity contribution in [2.45, 2.75) is 20.8 Å². The zero-order chi connectivity index (χ0) is 5.86. The van der Waals surface area contributed by atoms with Gasteiger partial charge in [0, 0.05) is 32.7 Å². The van der Waals surface area contributed by atoms with Gasteiger partial charge < -0.3 is 13.3 Å². The average Bonchev–Trinajstić information content (AvgIpc) is 1.65. The molecule has 0 fully saturated rings. The van der Waals surface area contributed by atoms with Crippen LogP contribution in [0.25, 0.3) is 0 Å². The molecule has 0 amide bonds. The summed E-state index contributed by atoms with van der Waals surface area (Å²) in [6, 6.07) is 0. The maximum atomic E-state index is 3.88. The molecule has 0 bridgehead atoms. The van der Waals surface area contributed by atoms with Crippen LogP contribution < -0.4 is 0 Å². The van der Waals surface area contributed by atoms with Crippen LogP contribution in [0.4, 0.5) is 0 Å². The fraction of sp³-hybridized carbons (Fsp3) is 0.714. The molecule has 0 aliphatic rings. The van der Waals surface area contributed by atoms with Gasteiger partial charge in [-0.25, -0.2) is 0 Å². The molecule has 8 heavy (non-hydrogen) atoms. The van der Waals surface area contributed by atoms with Gasteiger partial charge in [-0.3, -0.25) is 0 Å². The molecule has 0 spiro atoms. The Morgan fingerprint density at radius 1 is 1.38 bits per heavy atom. The van der Waals surface area contributed by atoms with Crippen LogP contribution in [0.15, 0.2) is 0 Å². The maximum Gasteiger partial charge on any atom is 0 e. The van der Waals surface area contributed by atoms with E-state index in [1.807, 2.05) is 0 Å². The summed E-state index contributed by atoms with van der Waals surface area (Å²) in [4.78, 5) is 0. The first-order valence-electron chi connectivity index (χ1n) is 2.81. The Kier molecular flexibility index (Phi) is 9.22. The Morgan fingerprint density at radius 2 is 1.75 bits per heavy atom. The summed E-state index contributed by atoms with van der Waals surface area (Å²) in [7, 11) is 0. The molecule has 2 atom stereocenters. The van der Waals surface area contributed by atoms with E-state index in [1.54, 1.807) is 0 Å². The molecule has 0 aliphatic carbocycles. The molecule has 0 aliphatic heterocycles. The SMILES string of the molecule is [CH2-]C(C)C(C)[CH-]C.[Y]. The van der Waals surface area contributed by atoms with Crippen molar-refractivity contribution < 1.29 is 32.7 Å². The monoisotopic (exact) mass is 187 g/mol. The van der Waals surface area contributed by atoms with E-state index in [1.165, 1.54) is 0 Å². The van der Waals surface area contributed by atoms with Crippen LogP contribution >= 0.6 is 0 Å². The fourth-order valence-electron chi connectivity index (χ4n) is 0.329. The Hall–Kier alpha value is 1.10. The van der Waals surface area contributed by atoms with E-state index < -0.39 is 0 Å². The molecule has 0 heterocycles. The fourth-order valence-corrected chi connectivity index (χ4v) is 0.329. The van der Waals surface area contributed by atoms with Gasteiger partial charge >= 0.3 is 0 Å². The third-order valence-electron chi connectivity index (χ3n) is 1.42. The molecular weight excluding hydrogens is 173 g/mol. The molecule has 0 aromatic rings. The summed E-state index contributed by atoms with van der Waals surface area (Å²) in [5, 5.41) is 0. The van der Waals surface area contributed by atoms with Crippen LogP contribution in [0.5, 0.6) is 0 Å². The van der Waals surface area contributed by atoms with Gasteiger partial charge in [0.1, 0.15) is 0 Å². The zero-order valence-electron chi connectivity index (χ0n) is 6.02. The van der Waals surface area contributed by atoms with Crippen molar-refractivity contribution in [1.82, 2.24) is 0 Å². The molecule has 0 rings (SSSR count). The van der Waals surface area contributed by atoms with Gasteiger partial charge in [-0.1, -0.05) is 13.8 Å². The standard InChI is InChI=1S/C7H14.Y/c1-5-7(4)6(2)3;/h5-7H,2H2,1,3-4H3;/q-2;. The Balaban J connectivity index is 0. The summed E-state index contributed by atoms with van der Waals surface area (Å²) < 4.78 is 0. The third kappa shape index (κ3) is 5.24. The molecule has 0 nitrogen and oxygen atoms in total. The van der Waals surface area contributed by atoms with Crippen LogP contribution in [0.3, 0.4) is 0 Å². The Morgan fingerprint density at radius 3 is 1.75 bits per heavy atom. The first-order chi connectivity index (χ1) is 3.18. The topological polar surface area (TPSA) is 0 Å². The maximum absolute atomic E-state index is 3.88. The van der Waals surface area contributed by atoms with Gasteiger partial charge in [0.25, 0.3) is 0 Å². The molecular formula is C7H14Y-2. The first kappa shape index (κ1) is 11.8. The molecule has 0 saturated heterocycles. The zero-order valence-corrected chi connectivity index (χ0v) is 8.85. The van der Waals surface area contributed by atoms with Gasteiger partial charge in [0.15, 0.2) is 0 Å². The normalized spacial score (nSPS) is 16.5. The summed E-state index contributed by atoms with van der Waals surface area (Å²) in [5.41, 5.74) is 0.